The molecule has 0 aliphatic heterocycles. The van der Waals surface area contributed by atoms with Crippen molar-refractivity contribution in [2.75, 3.05) is 0 Å². The Kier molecular flexibility index (Phi) is 4.80. The Bertz CT molecular complexity index is 997. The molecule has 0 saturated heterocycles. The van der Waals surface area contributed by atoms with Crippen molar-refractivity contribution in [3.63, 3.8) is 0 Å². The van der Waals surface area contributed by atoms with Crippen LogP contribution in [-0.4, -0.2) is 9.97 Å². The van der Waals surface area contributed by atoms with E-state index in [0.717, 1.165) is 27.5 Å². The minimum Gasteiger partial charge on any atom is -0.235 e. The number of hydrogen-bond acceptors (Lipinski definition) is 3. The summed E-state index contributed by atoms with van der Waals surface area (Å²) in [5.74, 6) is 0.748. The van der Waals surface area contributed by atoms with Crippen molar-refractivity contribution in [3.05, 3.63) is 96.7 Å². The molecule has 0 saturated carbocycles. The number of aryl methyl sites for hydroxylation is 1. The van der Waals surface area contributed by atoms with Gasteiger partial charge >= 0.3 is 0 Å². The van der Waals surface area contributed by atoms with Gasteiger partial charge in [-0.1, -0.05) is 90.1 Å². The fourth-order valence-electron chi connectivity index (χ4n) is 2.71. The zero-order chi connectivity index (χ0) is 17.8. The van der Waals surface area contributed by atoms with Gasteiger partial charge in [0.1, 0.15) is 0 Å². The van der Waals surface area contributed by atoms with Crippen molar-refractivity contribution in [3.8, 4) is 22.6 Å². The largest absolute Gasteiger partial charge is 0.235 e. The van der Waals surface area contributed by atoms with Crippen molar-refractivity contribution < 1.29 is 0 Å². The summed E-state index contributed by atoms with van der Waals surface area (Å²) < 4.78 is 0. The van der Waals surface area contributed by atoms with Crippen LogP contribution in [0.3, 0.4) is 0 Å². The number of aromatic nitrogens is 2. The van der Waals surface area contributed by atoms with Crippen LogP contribution in [0.15, 0.2) is 101 Å². The molecule has 0 aliphatic rings. The molecule has 0 fully saturated rings. The molecule has 1 aromatic heterocycles. The van der Waals surface area contributed by atoms with E-state index in [0.29, 0.717) is 0 Å². The minimum absolute atomic E-state index is 0.748. The molecule has 4 aromatic rings. The lowest BCUT2D eigenvalue weighted by molar-refractivity contribution is 1.11. The van der Waals surface area contributed by atoms with E-state index in [1.54, 1.807) is 11.8 Å². The Morgan fingerprint density at radius 3 is 1.96 bits per heavy atom. The van der Waals surface area contributed by atoms with E-state index < -0.39 is 0 Å². The molecule has 26 heavy (non-hydrogen) atoms. The van der Waals surface area contributed by atoms with E-state index in [-0.39, 0.29) is 0 Å². The summed E-state index contributed by atoms with van der Waals surface area (Å²) in [6, 6.07) is 28.9. The highest BCUT2D eigenvalue weighted by atomic mass is 32.2. The second kappa shape index (κ2) is 7.54. The Morgan fingerprint density at radius 2 is 1.31 bits per heavy atom. The van der Waals surface area contributed by atoms with Crippen molar-refractivity contribution in [1.29, 1.82) is 0 Å². The van der Waals surface area contributed by atoms with Gasteiger partial charge in [0.2, 0.25) is 0 Å². The highest BCUT2D eigenvalue weighted by molar-refractivity contribution is 7.99. The first-order valence-corrected chi connectivity index (χ1v) is 9.34. The fourth-order valence-corrected chi connectivity index (χ4v) is 3.60. The second-order valence-corrected chi connectivity index (χ2v) is 7.17. The van der Waals surface area contributed by atoms with Gasteiger partial charge in [0.15, 0.2) is 5.82 Å². The van der Waals surface area contributed by atoms with Crippen molar-refractivity contribution >= 4 is 11.8 Å². The maximum absolute atomic E-state index is 4.89. The van der Waals surface area contributed by atoms with Crippen molar-refractivity contribution in [2.45, 2.75) is 16.7 Å². The molecule has 0 amide bonds. The number of benzene rings is 3. The summed E-state index contributed by atoms with van der Waals surface area (Å²) in [7, 11) is 0. The summed E-state index contributed by atoms with van der Waals surface area (Å²) in [6.07, 6.45) is 1.93. The van der Waals surface area contributed by atoms with Gasteiger partial charge in [-0.15, -0.1) is 0 Å². The molecule has 126 valence electrons. The standard InChI is InChI=1S/C23H18N2S/c1-17-12-14-20(15-13-17)26-21-16-24-23(19-10-6-3-7-11-19)25-22(21)18-8-4-2-5-9-18/h2-16H,1H3. The highest BCUT2D eigenvalue weighted by Crippen LogP contribution is 2.35. The van der Waals surface area contributed by atoms with Crippen LogP contribution in [0, 0.1) is 6.92 Å². The van der Waals surface area contributed by atoms with Crippen LogP contribution in [0.1, 0.15) is 5.56 Å². The van der Waals surface area contributed by atoms with Crippen LogP contribution in [0.2, 0.25) is 0 Å². The highest BCUT2D eigenvalue weighted by Gasteiger charge is 2.12. The first-order valence-electron chi connectivity index (χ1n) is 8.52. The molecule has 3 heteroatoms. The van der Waals surface area contributed by atoms with E-state index in [4.69, 9.17) is 4.98 Å². The first-order chi connectivity index (χ1) is 12.8. The maximum atomic E-state index is 4.89. The van der Waals surface area contributed by atoms with E-state index in [2.05, 4.69) is 48.3 Å². The number of rotatable bonds is 4. The average molecular weight is 354 g/mol. The van der Waals surface area contributed by atoms with Gasteiger partial charge in [-0.25, -0.2) is 9.97 Å². The molecule has 0 bridgehead atoms. The molecular weight excluding hydrogens is 336 g/mol. The van der Waals surface area contributed by atoms with Gasteiger partial charge in [0.25, 0.3) is 0 Å². The lowest BCUT2D eigenvalue weighted by Crippen LogP contribution is -1.95. The fraction of sp³-hybridized carbons (Fsp3) is 0.0435. The summed E-state index contributed by atoms with van der Waals surface area (Å²) in [4.78, 5) is 11.8. The third kappa shape index (κ3) is 3.68. The molecule has 0 radical (unpaired) electrons. The van der Waals surface area contributed by atoms with Gasteiger partial charge in [-0.3, -0.25) is 0 Å². The molecular formula is C23H18N2S. The normalized spacial score (nSPS) is 10.7. The molecule has 3 aromatic carbocycles. The molecule has 0 aliphatic carbocycles. The molecule has 0 spiro atoms. The maximum Gasteiger partial charge on any atom is 0.159 e. The summed E-state index contributed by atoms with van der Waals surface area (Å²) in [5.41, 5.74) is 4.34. The minimum atomic E-state index is 0.748. The molecule has 2 nitrogen and oxygen atoms in total. The lowest BCUT2D eigenvalue weighted by atomic mass is 10.1. The SMILES string of the molecule is Cc1ccc(Sc2cnc(-c3ccccc3)nc2-c2ccccc2)cc1. The van der Waals surface area contributed by atoms with Crippen LogP contribution >= 0.6 is 11.8 Å². The Balaban J connectivity index is 1.79. The average Bonchev–Trinajstić information content (AvgIpc) is 2.71. The smallest absolute Gasteiger partial charge is 0.159 e. The monoisotopic (exact) mass is 354 g/mol. The van der Waals surface area contributed by atoms with Crippen molar-refractivity contribution in [2.24, 2.45) is 0 Å². The first kappa shape index (κ1) is 16.6. The zero-order valence-corrected chi connectivity index (χ0v) is 15.3. The number of nitrogens with zero attached hydrogens (tertiary/aromatic N) is 2. The van der Waals surface area contributed by atoms with Gasteiger partial charge in [-0.05, 0) is 19.1 Å². The Morgan fingerprint density at radius 1 is 0.692 bits per heavy atom. The molecule has 0 unspecified atom stereocenters. The third-order valence-corrected chi connectivity index (χ3v) is 5.11. The van der Waals surface area contributed by atoms with E-state index in [1.165, 1.54) is 10.5 Å². The topological polar surface area (TPSA) is 25.8 Å². The summed E-state index contributed by atoms with van der Waals surface area (Å²) in [5, 5.41) is 0. The summed E-state index contributed by atoms with van der Waals surface area (Å²) in [6.45, 7) is 2.10. The predicted octanol–water partition coefficient (Wildman–Crippen LogP) is 6.27. The van der Waals surface area contributed by atoms with E-state index in [1.807, 2.05) is 54.7 Å². The van der Waals surface area contributed by atoms with Gasteiger partial charge in [-0.2, -0.15) is 0 Å². The van der Waals surface area contributed by atoms with Crippen LogP contribution < -0.4 is 0 Å². The van der Waals surface area contributed by atoms with Gasteiger partial charge in [0, 0.05) is 22.2 Å². The van der Waals surface area contributed by atoms with Crippen LogP contribution in [0.5, 0.6) is 0 Å². The molecule has 0 N–H and O–H groups in total. The second-order valence-electron chi connectivity index (χ2n) is 6.05. The predicted molar refractivity (Wildman–Crippen MR) is 108 cm³/mol. The quantitative estimate of drug-likeness (QED) is 0.432. The lowest BCUT2D eigenvalue weighted by Gasteiger charge is -2.11. The van der Waals surface area contributed by atoms with E-state index >= 15 is 0 Å². The van der Waals surface area contributed by atoms with Gasteiger partial charge in [0.05, 0.1) is 10.6 Å². The van der Waals surface area contributed by atoms with Crippen LogP contribution in [0.4, 0.5) is 0 Å². The summed E-state index contributed by atoms with van der Waals surface area (Å²) >= 11 is 1.70. The molecule has 1 heterocycles. The number of hydrogen-bond donors (Lipinski definition) is 0. The third-order valence-electron chi connectivity index (χ3n) is 4.08. The van der Waals surface area contributed by atoms with Crippen molar-refractivity contribution in [1.82, 2.24) is 9.97 Å². The Hall–Kier alpha value is -2.91. The zero-order valence-electron chi connectivity index (χ0n) is 14.5. The molecule has 0 atom stereocenters. The van der Waals surface area contributed by atoms with E-state index in [9.17, 15) is 0 Å². The molecule has 4 rings (SSSR count). The van der Waals surface area contributed by atoms with Crippen LogP contribution in [0.25, 0.3) is 22.6 Å². The Labute approximate surface area is 158 Å². The van der Waals surface area contributed by atoms with Gasteiger partial charge < -0.3 is 0 Å². The van der Waals surface area contributed by atoms with Crippen LogP contribution in [-0.2, 0) is 0 Å².